The Hall–Kier alpha value is -1.24. The molecule has 1 aromatic rings. The molecule has 6 nitrogen and oxygen atoms in total. The molecule has 1 rings (SSSR count). The maximum atomic E-state index is 4.37. The van der Waals surface area contributed by atoms with Crippen LogP contribution in [-0.2, 0) is 13.0 Å². The number of aryl methyl sites for hydroxylation is 1. The van der Waals surface area contributed by atoms with Gasteiger partial charge in [-0.3, -0.25) is 4.99 Å². The number of thioether (sulfide) groups is 1. The summed E-state index contributed by atoms with van der Waals surface area (Å²) in [5, 5.41) is 16.5. The highest BCUT2D eigenvalue weighted by molar-refractivity contribution is 7.98. The zero-order chi connectivity index (χ0) is 18.1. The Morgan fingerprint density at radius 1 is 1.21 bits per heavy atom. The molecule has 0 aromatic carbocycles. The van der Waals surface area contributed by atoms with E-state index in [0.717, 1.165) is 42.9 Å². The quantitative estimate of drug-likeness (QED) is 0.309. The highest BCUT2D eigenvalue weighted by Crippen LogP contribution is 2.16. The van der Waals surface area contributed by atoms with Crippen LogP contribution >= 0.6 is 11.8 Å². The molecule has 1 unspecified atom stereocenters. The molecule has 2 N–H and O–H groups in total. The minimum Gasteiger partial charge on any atom is -0.356 e. The second-order valence-electron chi connectivity index (χ2n) is 6.89. The fourth-order valence-electron chi connectivity index (χ4n) is 2.23. The molecule has 0 radical (unpaired) electrons. The summed E-state index contributed by atoms with van der Waals surface area (Å²) in [4.78, 5) is 4.29. The summed E-state index contributed by atoms with van der Waals surface area (Å²) in [6.07, 6.45) is 3.98. The molecule has 0 saturated carbocycles. The van der Waals surface area contributed by atoms with Gasteiger partial charge in [0.2, 0.25) is 0 Å². The Labute approximate surface area is 151 Å². The number of guanidine groups is 1. The third-order valence-electron chi connectivity index (χ3n) is 3.98. The Morgan fingerprint density at radius 3 is 2.46 bits per heavy atom. The third kappa shape index (κ3) is 6.71. The molecule has 1 atom stereocenters. The second kappa shape index (κ2) is 10.6. The van der Waals surface area contributed by atoms with Crippen LogP contribution in [0.5, 0.6) is 0 Å². The summed E-state index contributed by atoms with van der Waals surface area (Å²) in [7, 11) is 1.81. The molecule has 138 valence electrons. The normalized spacial score (nSPS) is 13.6. The first kappa shape index (κ1) is 20.8. The number of aliphatic imine (C=N–C) groups is 1. The van der Waals surface area contributed by atoms with Gasteiger partial charge in [0.15, 0.2) is 11.1 Å². The van der Waals surface area contributed by atoms with Gasteiger partial charge in [-0.15, -0.1) is 10.2 Å². The van der Waals surface area contributed by atoms with Crippen molar-refractivity contribution in [2.75, 3.05) is 19.8 Å². The fraction of sp³-hybridized carbons (Fsp3) is 0.824. The van der Waals surface area contributed by atoms with Gasteiger partial charge in [0, 0.05) is 32.6 Å². The van der Waals surface area contributed by atoms with Crippen molar-refractivity contribution in [3.8, 4) is 0 Å². The third-order valence-corrected chi connectivity index (χ3v) is 4.65. The van der Waals surface area contributed by atoms with Gasteiger partial charge < -0.3 is 15.2 Å². The first-order chi connectivity index (χ1) is 11.4. The van der Waals surface area contributed by atoms with Crippen molar-refractivity contribution in [2.45, 2.75) is 65.2 Å². The lowest BCUT2D eigenvalue weighted by molar-refractivity contribution is 0.474. The molecule has 0 bridgehead atoms. The second-order valence-corrected chi connectivity index (χ2v) is 7.66. The first-order valence-corrected chi connectivity index (χ1v) is 10.0. The summed E-state index contributed by atoms with van der Waals surface area (Å²) in [6.45, 7) is 12.9. The van der Waals surface area contributed by atoms with E-state index in [1.807, 2.05) is 7.05 Å². The number of nitrogens with zero attached hydrogens (tertiary/aromatic N) is 4. The van der Waals surface area contributed by atoms with Gasteiger partial charge in [-0.25, -0.2) is 0 Å². The Kier molecular flexibility index (Phi) is 9.18. The Morgan fingerprint density at radius 2 is 1.92 bits per heavy atom. The topological polar surface area (TPSA) is 67.1 Å². The summed E-state index contributed by atoms with van der Waals surface area (Å²) >= 11 is 1.66. The Balaban J connectivity index is 2.48. The monoisotopic (exact) mass is 354 g/mol. The van der Waals surface area contributed by atoms with Crippen molar-refractivity contribution in [1.82, 2.24) is 25.4 Å². The van der Waals surface area contributed by atoms with E-state index >= 15 is 0 Å². The van der Waals surface area contributed by atoms with E-state index in [1.165, 1.54) is 0 Å². The highest BCUT2D eigenvalue weighted by Gasteiger charge is 2.13. The van der Waals surface area contributed by atoms with Crippen molar-refractivity contribution >= 4 is 17.7 Å². The van der Waals surface area contributed by atoms with Crippen LogP contribution in [0.15, 0.2) is 10.1 Å². The average Bonchev–Trinajstić information content (AvgIpc) is 2.91. The van der Waals surface area contributed by atoms with Crippen LogP contribution in [0.2, 0.25) is 0 Å². The molecule has 0 saturated heterocycles. The van der Waals surface area contributed by atoms with E-state index in [1.54, 1.807) is 11.8 Å². The lowest BCUT2D eigenvalue weighted by Crippen LogP contribution is -2.44. The highest BCUT2D eigenvalue weighted by atomic mass is 32.2. The van der Waals surface area contributed by atoms with E-state index in [-0.39, 0.29) is 0 Å². The zero-order valence-corrected chi connectivity index (χ0v) is 17.1. The van der Waals surface area contributed by atoms with E-state index in [9.17, 15) is 0 Å². The van der Waals surface area contributed by atoms with Gasteiger partial charge in [-0.1, -0.05) is 39.5 Å². The van der Waals surface area contributed by atoms with Crippen LogP contribution < -0.4 is 10.6 Å². The molecular formula is C17H34N6S. The zero-order valence-electron chi connectivity index (χ0n) is 16.3. The molecule has 0 amide bonds. The summed E-state index contributed by atoms with van der Waals surface area (Å²) < 4.78 is 2.25. The summed E-state index contributed by atoms with van der Waals surface area (Å²) in [6, 6.07) is 0.398. The molecule has 0 aliphatic rings. The minimum atomic E-state index is 0.398. The standard InChI is InChI=1S/C17H34N6S/c1-12(2)11-23-15(21-22-17(23)24-7)9-8-10-19-16(18-6)20-14(5)13(3)4/h12-14H,8-11H2,1-7H3,(H2,18,19,20). The molecule has 1 aromatic heterocycles. The van der Waals surface area contributed by atoms with Crippen molar-refractivity contribution in [2.24, 2.45) is 16.8 Å². The molecule has 7 heteroatoms. The predicted molar refractivity (Wildman–Crippen MR) is 104 cm³/mol. The van der Waals surface area contributed by atoms with Crippen molar-refractivity contribution < 1.29 is 0 Å². The van der Waals surface area contributed by atoms with Crippen molar-refractivity contribution in [1.29, 1.82) is 0 Å². The number of nitrogens with one attached hydrogen (secondary N) is 2. The maximum Gasteiger partial charge on any atom is 0.191 e. The minimum absolute atomic E-state index is 0.398. The predicted octanol–water partition coefficient (Wildman–Crippen LogP) is 2.80. The van der Waals surface area contributed by atoms with Gasteiger partial charge in [0.1, 0.15) is 5.82 Å². The van der Waals surface area contributed by atoms with E-state index in [2.05, 4.69) is 71.3 Å². The van der Waals surface area contributed by atoms with Gasteiger partial charge >= 0.3 is 0 Å². The van der Waals surface area contributed by atoms with Gasteiger partial charge in [0.05, 0.1) is 0 Å². The van der Waals surface area contributed by atoms with E-state index in [4.69, 9.17) is 0 Å². The first-order valence-electron chi connectivity index (χ1n) is 8.82. The SMILES string of the molecule is CN=C(NCCCc1nnc(SC)n1CC(C)C)NC(C)C(C)C. The van der Waals surface area contributed by atoms with Crippen LogP contribution in [0.3, 0.4) is 0 Å². The summed E-state index contributed by atoms with van der Waals surface area (Å²) in [5.41, 5.74) is 0. The molecule has 0 fully saturated rings. The number of hydrogen-bond acceptors (Lipinski definition) is 4. The smallest absolute Gasteiger partial charge is 0.191 e. The van der Waals surface area contributed by atoms with Crippen molar-refractivity contribution in [3.63, 3.8) is 0 Å². The summed E-state index contributed by atoms with van der Waals surface area (Å²) in [5.74, 6) is 3.10. The molecule has 0 aliphatic carbocycles. The number of aromatic nitrogens is 3. The molecular weight excluding hydrogens is 320 g/mol. The van der Waals surface area contributed by atoms with Crippen molar-refractivity contribution in [3.05, 3.63) is 5.82 Å². The van der Waals surface area contributed by atoms with Crippen LogP contribution in [0.25, 0.3) is 0 Å². The average molecular weight is 355 g/mol. The Bertz CT molecular complexity index is 509. The van der Waals surface area contributed by atoms with Gasteiger partial charge in [-0.05, 0) is 31.4 Å². The van der Waals surface area contributed by atoms with E-state index < -0.39 is 0 Å². The number of hydrogen-bond donors (Lipinski definition) is 2. The maximum absolute atomic E-state index is 4.37. The lowest BCUT2D eigenvalue weighted by atomic mass is 10.1. The molecule has 0 spiro atoms. The van der Waals surface area contributed by atoms with Crippen LogP contribution in [0, 0.1) is 11.8 Å². The van der Waals surface area contributed by atoms with Gasteiger partial charge in [0.25, 0.3) is 0 Å². The molecule has 1 heterocycles. The molecule has 24 heavy (non-hydrogen) atoms. The van der Waals surface area contributed by atoms with Crippen LogP contribution in [0.1, 0.15) is 46.9 Å². The fourth-order valence-corrected chi connectivity index (χ4v) is 2.76. The number of rotatable bonds is 9. The van der Waals surface area contributed by atoms with Gasteiger partial charge in [-0.2, -0.15) is 0 Å². The van der Waals surface area contributed by atoms with Crippen LogP contribution in [-0.4, -0.2) is 46.6 Å². The lowest BCUT2D eigenvalue weighted by Gasteiger charge is -2.20. The van der Waals surface area contributed by atoms with E-state index in [0.29, 0.717) is 17.9 Å². The van der Waals surface area contributed by atoms with Crippen LogP contribution in [0.4, 0.5) is 0 Å². The molecule has 0 aliphatic heterocycles. The largest absolute Gasteiger partial charge is 0.356 e.